The van der Waals surface area contributed by atoms with E-state index in [-0.39, 0.29) is 0 Å². The summed E-state index contributed by atoms with van der Waals surface area (Å²) in [5, 5.41) is 0. The van der Waals surface area contributed by atoms with Gasteiger partial charge in [0.05, 0.1) is 0 Å². The monoisotopic (exact) mass is 180 g/mol. The molecule has 0 aromatic carbocycles. The molecule has 0 saturated carbocycles. The molecule has 0 aromatic heterocycles. The SMILES string of the molecule is C=C(C)C#C[SiH](C(C)C)C(C)C. The van der Waals surface area contributed by atoms with Crippen LogP contribution < -0.4 is 0 Å². The lowest BCUT2D eigenvalue weighted by molar-refractivity contribution is 0.954. The van der Waals surface area contributed by atoms with E-state index in [1.807, 2.05) is 6.92 Å². The van der Waals surface area contributed by atoms with Gasteiger partial charge in [-0.05, 0) is 23.6 Å². The molecule has 0 aliphatic rings. The molecule has 12 heavy (non-hydrogen) atoms. The van der Waals surface area contributed by atoms with E-state index in [1.54, 1.807) is 0 Å². The Hall–Kier alpha value is -0.483. The van der Waals surface area contributed by atoms with E-state index in [9.17, 15) is 0 Å². The Kier molecular flexibility index (Phi) is 5.00. The molecule has 0 bridgehead atoms. The fourth-order valence-corrected chi connectivity index (χ4v) is 3.93. The standard InChI is InChI=1S/C11H20Si/c1-9(2)7-8-12(10(3)4)11(5)6/h10-12H,1H2,2-6H3. The van der Waals surface area contributed by atoms with Crippen molar-refractivity contribution in [1.29, 1.82) is 0 Å². The second kappa shape index (κ2) is 5.21. The zero-order valence-electron chi connectivity index (χ0n) is 8.94. The van der Waals surface area contributed by atoms with Gasteiger partial charge in [-0.25, -0.2) is 0 Å². The minimum absolute atomic E-state index is 0.775. The molecule has 1 heteroatoms. The van der Waals surface area contributed by atoms with E-state index in [1.165, 1.54) is 0 Å². The highest BCUT2D eigenvalue weighted by Gasteiger charge is 2.16. The summed E-state index contributed by atoms with van der Waals surface area (Å²) in [5.74, 6) is 3.13. The predicted octanol–water partition coefficient (Wildman–Crippen LogP) is 3.15. The molecule has 0 spiro atoms. The first-order chi connectivity index (χ1) is 5.45. The molecule has 0 nitrogen and oxygen atoms in total. The van der Waals surface area contributed by atoms with Gasteiger partial charge >= 0.3 is 0 Å². The molecule has 0 saturated heterocycles. The van der Waals surface area contributed by atoms with Crippen LogP contribution in [0.5, 0.6) is 0 Å². The molecule has 0 fully saturated rings. The first-order valence-electron chi connectivity index (χ1n) is 4.62. The average molecular weight is 180 g/mol. The summed E-state index contributed by atoms with van der Waals surface area (Å²) < 4.78 is 0. The van der Waals surface area contributed by atoms with Gasteiger partial charge in [0.25, 0.3) is 0 Å². The van der Waals surface area contributed by atoms with Crippen molar-refractivity contribution in [2.45, 2.75) is 45.7 Å². The van der Waals surface area contributed by atoms with Crippen LogP contribution >= 0.6 is 0 Å². The third kappa shape index (κ3) is 4.41. The molecule has 0 aliphatic heterocycles. The third-order valence-corrected chi connectivity index (χ3v) is 5.24. The molecule has 0 rings (SSSR count). The second-order valence-corrected chi connectivity index (χ2v) is 8.07. The largest absolute Gasteiger partial charge is 0.130 e. The van der Waals surface area contributed by atoms with E-state index >= 15 is 0 Å². The fraction of sp³-hybridized carbons (Fsp3) is 0.636. The lowest BCUT2D eigenvalue weighted by Crippen LogP contribution is -2.18. The Labute approximate surface area is 78.7 Å². The smallest absolute Gasteiger partial charge is 0.128 e. The molecule has 0 amide bonds. The van der Waals surface area contributed by atoms with Gasteiger partial charge in [0.1, 0.15) is 8.80 Å². The van der Waals surface area contributed by atoms with Crippen molar-refractivity contribution in [2.75, 3.05) is 0 Å². The van der Waals surface area contributed by atoms with Gasteiger partial charge in [-0.3, -0.25) is 0 Å². The second-order valence-electron chi connectivity index (χ2n) is 4.06. The van der Waals surface area contributed by atoms with Crippen molar-refractivity contribution in [3.63, 3.8) is 0 Å². The molecular formula is C11H20Si. The molecule has 0 aliphatic carbocycles. The Morgan fingerprint density at radius 2 is 1.58 bits per heavy atom. The Morgan fingerprint density at radius 1 is 1.17 bits per heavy atom. The van der Waals surface area contributed by atoms with Crippen molar-refractivity contribution in [2.24, 2.45) is 0 Å². The quantitative estimate of drug-likeness (QED) is 0.452. The zero-order valence-corrected chi connectivity index (χ0v) is 10.1. The Bertz CT molecular complexity index is 195. The van der Waals surface area contributed by atoms with Gasteiger partial charge in [0, 0.05) is 0 Å². The van der Waals surface area contributed by atoms with E-state index in [4.69, 9.17) is 0 Å². The molecule has 0 heterocycles. The summed E-state index contributed by atoms with van der Waals surface area (Å²) in [7, 11) is -0.858. The lowest BCUT2D eigenvalue weighted by atomic mass is 10.4. The highest BCUT2D eigenvalue weighted by Crippen LogP contribution is 2.18. The van der Waals surface area contributed by atoms with Crippen LogP contribution in [0.2, 0.25) is 11.1 Å². The Balaban J connectivity index is 4.36. The summed E-state index contributed by atoms with van der Waals surface area (Å²) >= 11 is 0. The van der Waals surface area contributed by atoms with Crippen molar-refractivity contribution >= 4 is 8.80 Å². The predicted molar refractivity (Wildman–Crippen MR) is 59.9 cm³/mol. The van der Waals surface area contributed by atoms with Gasteiger partial charge in [-0.15, -0.1) is 5.54 Å². The van der Waals surface area contributed by atoms with Crippen molar-refractivity contribution < 1.29 is 0 Å². The highest BCUT2D eigenvalue weighted by molar-refractivity contribution is 6.70. The summed E-state index contributed by atoms with van der Waals surface area (Å²) in [6.45, 7) is 14.9. The first-order valence-corrected chi connectivity index (χ1v) is 6.53. The maximum absolute atomic E-state index is 3.79. The van der Waals surface area contributed by atoms with E-state index in [0.29, 0.717) is 0 Å². The number of hydrogen-bond donors (Lipinski definition) is 0. The van der Waals surface area contributed by atoms with Gasteiger partial charge in [0.15, 0.2) is 0 Å². The summed E-state index contributed by atoms with van der Waals surface area (Å²) in [4.78, 5) is 0. The summed E-state index contributed by atoms with van der Waals surface area (Å²) in [5.41, 5.74) is 5.95. The fourth-order valence-electron chi connectivity index (χ4n) is 1.31. The van der Waals surface area contributed by atoms with Crippen molar-refractivity contribution in [3.8, 4) is 11.5 Å². The Morgan fingerprint density at radius 3 is 1.83 bits per heavy atom. The summed E-state index contributed by atoms with van der Waals surface area (Å²) in [6.07, 6.45) is 0. The minimum atomic E-state index is -0.858. The van der Waals surface area contributed by atoms with E-state index in [0.717, 1.165) is 16.7 Å². The van der Waals surface area contributed by atoms with Crippen LogP contribution in [0, 0.1) is 11.5 Å². The van der Waals surface area contributed by atoms with Crippen molar-refractivity contribution in [1.82, 2.24) is 0 Å². The minimum Gasteiger partial charge on any atom is -0.130 e. The summed E-state index contributed by atoms with van der Waals surface area (Å²) in [6, 6.07) is 0. The molecule has 68 valence electrons. The van der Waals surface area contributed by atoms with Gasteiger partial charge in [-0.1, -0.05) is 40.2 Å². The molecular weight excluding hydrogens is 160 g/mol. The van der Waals surface area contributed by atoms with Crippen LogP contribution in [0.25, 0.3) is 0 Å². The number of allylic oxidation sites excluding steroid dienone is 1. The average Bonchev–Trinajstić information content (AvgIpc) is 1.84. The first kappa shape index (κ1) is 11.5. The molecule has 0 atom stereocenters. The van der Waals surface area contributed by atoms with Gasteiger partial charge in [0.2, 0.25) is 0 Å². The lowest BCUT2D eigenvalue weighted by Gasteiger charge is -2.16. The third-order valence-electron chi connectivity index (χ3n) is 1.89. The normalized spacial score (nSPS) is 10.3. The van der Waals surface area contributed by atoms with Gasteiger partial charge < -0.3 is 0 Å². The zero-order chi connectivity index (χ0) is 9.72. The molecule has 0 unspecified atom stereocenters. The number of rotatable bonds is 2. The maximum Gasteiger partial charge on any atom is 0.128 e. The molecule has 0 radical (unpaired) electrons. The van der Waals surface area contributed by atoms with Gasteiger partial charge in [-0.2, -0.15) is 0 Å². The maximum atomic E-state index is 3.79. The van der Waals surface area contributed by atoms with Crippen LogP contribution in [-0.4, -0.2) is 8.80 Å². The highest BCUT2D eigenvalue weighted by atomic mass is 28.3. The number of hydrogen-bond acceptors (Lipinski definition) is 0. The molecule has 0 aromatic rings. The molecule has 0 N–H and O–H groups in total. The van der Waals surface area contributed by atoms with E-state index in [2.05, 4.69) is 45.7 Å². The van der Waals surface area contributed by atoms with Crippen LogP contribution in [0.1, 0.15) is 34.6 Å². The topological polar surface area (TPSA) is 0 Å². The van der Waals surface area contributed by atoms with E-state index < -0.39 is 8.80 Å². The van der Waals surface area contributed by atoms with Crippen LogP contribution in [0.4, 0.5) is 0 Å². The van der Waals surface area contributed by atoms with Crippen LogP contribution in [0.15, 0.2) is 12.2 Å². The van der Waals surface area contributed by atoms with Crippen LogP contribution in [0.3, 0.4) is 0 Å². The van der Waals surface area contributed by atoms with Crippen LogP contribution in [-0.2, 0) is 0 Å². The van der Waals surface area contributed by atoms with Crippen molar-refractivity contribution in [3.05, 3.63) is 12.2 Å².